The Kier molecular flexibility index (Phi) is 8.03. The van der Waals surface area contributed by atoms with Gasteiger partial charge in [-0.2, -0.15) is 0 Å². The first-order chi connectivity index (χ1) is 16.9. The third-order valence-electron chi connectivity index (χ3n) is 6.33. The molecule has 0 N–H and O–H groups in total. The molecule has 1 aliphatic heterocycles. The maximum Gasteiger partial charge on any atom is 0.342 e. The zero-order valence-electron chi connectivity index (χ0n) is 21.1. The molecule has 0 aliphatic carbocycles. The van der Waals surface area contributed by atoms with Gasteiger partial charge in [-0.1, -0.05) is 37.3 Å². The molecular formula is C29H35N3O3. The fraction of sp³-hybridized carbons (Fsp3) is 0.379. The second kappa shape index (κ2) is 11.4. The molecule has 1 aliphatic rings. The minimum absolute atomic E-state index is 0.168. The number of pyridine rings is 1. The number of benzene rings is 2. The lowest BCUT2D eigenvalue weighted by molar-refractivity contribution is 0.0377. The van der Waals surface area contributed by atoms with Crippen molar-refractivity contribution in [1.29, 1.82) is 0 Å². The molecule has 1 fully saturated rings. The van der Waals surface area contributed by atoms with E-state index in [1.807, 2.05) is 69.3 Å². The number of aryl methyl sites for hydroxylation is 1. The molecule has 3 aromatic rings. The zero-order chi connectivity index (χ0) is 24.8. The van der Waals surface area contributed by atoms with E-state index in [-0.39, 0.29) is 12.1 Å². The van der Waals surface area contributed by atoms with Gasteiger partial charge in [0.15, 0.2) is 0 Å². The van der Waals surface area contributed by atoms with Crippen molar-refractivity contribution in [2.45, 2.75) is 52.8 Å². The average Bonchev–Trinajstić information content (AvgIpc) is 3.33. The Labute approximate surface area is 208 Å². The average molecular weight is 474 g/mol. The van der Waals surface area contributed by atoms with Crippen LogP contribution in [-0.2, 0) is 11.3 Å². The molecule has 1 atom stereocenters. The van der Waals surface area contributed by atoms with Crippen molar-refractivity contribution >= 4 is 11.8 Å². The van der Waals surface area contributed by atoms with E-state index < -0.39 is 0 Å². The number of para-hydroxylation sites is 1. The van der Waals surface area contributed by atoms with Gasteiger partial charge in [-0.3, -0.25) is 4.90 Å². The first kappa shape index (κ1) is 24.7. The highest BCUT2D eigenvalue weighted by molar-refractivity contribution is 5.96. The Morgan fingerprint density at radius 1 is 1.11 bits per heavy atom. The van der Waals surface area contributed by atoms with Gasteiger partial charge in [-0.15, -0.1) is 0 Å². The van der Waals surface area contributed by atoms with Crippen LogP contribution in [0.4, 0.5) is 5.82 Å². The molecule has 1 unspecified atom stereocenters. The largest absolute Gasteiger partial charge is 0.459 e. The van der Waals surface area contributed by atoms with Crippen LogP contribution < -0.4 is 9.64 Å². The van der Waals surface area contributed by atoms with Gasteiger partial charge in [0.05, 0.1) is 6.10 Å². The van der Waals surface area contributed by atoms with Crippen molar-refractivity contribution in [1.82, 2.24) is 9.88 Å². The van der Waals surface area contributed by atoms with Crippen LogP contribution in [0.5, 0.6) is 11.5 Å². The number of nitrogens with zero attached hydrogens (tertiary/aromatic N) is 3. The van der Waals surface area contributed by atoms with Crippen LogP contribution >= 0.6 is 0 Å². The predicted molar refractivity (Wildman–Crippen MR) is 139 cm³/mol. The van der Waals surface area contributed by atoms with Gasteiger partial charge in [0, 0.05) is 31.9 Å². The van der Waals surface area contributed by atoms with Gasteiger partial charge in [0.25, 0.3) is 0 Å². The van der Waals surface area contributed by atoms with Crippen molar-refractivity contribution in [3.63, 3.8) is 0 Å². The Balaban J connectivity index is 1.45. The highest BCUT2D eigenvalue weighted by atomic mass is 16.5. The topological polar surface area (TPSA) is 54.9 Å². The fourth-order valence-corrected chi connectivity index (χ4v) is 4.61. The fourth-order valence-electron chi connectivity index (χ4n) is 4.61. The van der Waals surface area contributed by atoms with E-state index in [2.05, 4.69) is 33.8 Å². The highest BCUT2D eigenvalue weighted by Crippen LogP contribution is 2.29. The molecule has 6 nitrogen and oxygen atoms in total. The standard InChI is InChI=1S/C29H35N3O3/c1-5-31(19-23-10-9-13-26(18-23)35-25-11-7-6-8-12-25)24-15-17-32(20-24)28-27(22(4)14-16-30-28)29(33)34-21(2)3/h6-14,16,18,21,24H,5,15,17,19-20H2,1-4H3. The summed E-state index contributed by atoms with van der Waals surface area (Å²) in [5.74, 6) is 2.11. The lowest BCUT2D eigenvalue weighted by Crippen LogP contribution is -2.37. The molecular weight excluding hydrogens is 438 g/mol. The van der Waals surface area contributed by atoms with Gasteiger partial charge in [0.2, 0.25) is 0 Å². The second-order valence-corrected chi connectivity index (χ2v) is 9.29. The number of rotatable bonds is 9. The Morgan fingerprint density at radius 3 is 2.63 bits per heavy atom. The Bertz CT molecular complexity index is 1130. The van der Waals surface area contributed by atoms with Crippen LogP contribution in [0.25, 0.3) is 0 Å². The molecule has 0 bridgehead atoms. The predicted octanol–water partition coefficient (Wildman–Crippen LogP) is 5.85. The number of hydrogen-bond acceptors (Lipinski definition) is 6. The molecule has 0 radical (unpaired) electrons. The molecule has 2 aromatic carbocycles. The summed E-state index contributed by atoms with van der Waals surface area (Å²) in [6, 6.07) is 20.4. The molecule has 1 aromatic heterocycles. The van der Waals surface area contributed by atoms with Crippen LogP contribution in [0, 0.1) is 6.92 Å². The van der Waals surface area contributed by atoms with Gasteiger partial charge in [0.1, 0.15) is 22.9 Å². The van der Waals surface area contributed by atoms with E-state index in [1.54, 1.807) is 6.20 Å². The second-order valence-electron chi connectivity index (χ2n) is 9.29. The molecule has 1 saturated heterocycles. The van der Waals surface area contributed by atoms with E-state index in [0.29, 0.717) is 11.6 Å². The minimum Gasteiger partial charge on any atom is -0.459 e. The number of esters is 1. The summed E-state index contributed by atoms with van der Waals surface area (Å²) < 4.78 is 11.5. The number of hydrogen-bond donors (Lipinski definition) is 0. The van der Waals surface area contributed by atoms with E-state index in [4.69, 9.17) is 9.47 Å². The maximum absolute atomic E-state index is 12.8. The van der Waals surface area contributed by atoms with Crippen molar-refractivity contribution in [3.05, 3.63) is 83.6 Å². The van der Waals surface area contributed by atoms with Crippen LogP contribution in [0.15, 0.2) is 66.9 Å². The van der Waals surface area contributed by atoms with Gasteiger partial charge < -0.3 is 14.4 Å². The molecule has 4 rings (SSSR count). The van der Waals surface area contributed by atoms with E-state index in [0.717, 1.165) is 55.5 Å². The summed E-state index contributed by atoms with van der Waals surface area (Å²) >= 11 is 0. The summed E-state index contributed by atoms with van der Waals surface area (Å²) in [6.45, 7) is 11.3. The third-order valence-corrected chi connectivity index (χ3v) is 6.33. The summed E-state index contributed by atoms with van der Waals surface area (Å²) in [4.78, 5) is 22.1. The van der Waals surface area contributed by atoms with Crippen molar-refractivity contribution in [3.8, 4) is 11.5 Å². The summed E-state index contributed by atoms with van der Waals surface area (Å²) in [6.07, 6.45) is 2.63. The van der Waals surface area contributed by atoms with E-state index in [1.165, 1.54) is 5.56 Å². The number of carbonyl (C=O) groups is 1. The lowest BCUT2D eigenvalue weighted by Gasteiger charge is -2.28. The smallest absolute Gasteiger partial charge is 0.342 e. The molecule has 0 saturated carbocycles. The first-order valence-corrected chi connectivity index (χ1v) is 12.4. The van der Waals surface area contributed by atoms with Gasteiger partial charge in [-0.25, -0.2) is 9.78 Å². The summed E-state index contributed by atoms with van der Waals surface area (Å²) in [5.41, 5.74) is 2.69. The quantitative estimate of drug-likeness (QED) is 0.364. The minimum atomic E-state index is -0.299. The van der Waals surface area contributed by atoms with Crippen molar-refractivity contribution in [2.75, 3.05) is 24.5 Å². The molecule has 184 valence electrons. The van der Waals surface area contributed by atoms with Crippen LogP contribution in [-0.4, -0.2) is 47.6 Å². The first-order valence-electron chi connectivity index (χ1n) is 12.4. The number of anilines is 1. The molecule has 2 heterocycles. The highest BCUT2D eigenvalue weighted by Gasteiger charge is 2.31. The maximum atomic E-state index is 12.8. The van der Waals surface area contributed by atoms with Crippen LogP contribution in [0.1, 0.15) is 48.7 Å². The SMILES string of the molecule is CCN(Cc1cccc(Oc2ccccc2)c1)C1CCN(c2nccc(C)c2C(=O)OC(C)C)C1. The Morgan fingerprint density at radius 2 is 1.89 bits per heavy atom. The normalized spacial score (nSPS) is 15.6. The molecule has 0 amide bonds. The molecule has 6 heteroatoms. The molecule has 0 spiro atoms. The third kappa shape index (κ3) is 6.20. The number of ether oxygens (including phenoxy) is 2. The zero-order valence-corrected chi connectivity index (χ0v) is 21.1. The van der Waals surface area contributed by atoms with Crippen LogP contribution in [0.2, 0.25) is 0 Å². The number of aromatic nitrogens is 1. The monoisotopic (exact) mass is 473 g/mol. The van der Waals surface area contributed by atoms with E-state index >= 15 is 0 Å². The summed E-state index contributed by atoms with van der Waals surface area (Å²) in [5, 5.41) is 0. The van der Waals surface area contributed by atoms with E-state index in [9.17, 15) is 4.79 Å². The van der Waals surface area contributed by atoms with Gasteiger partial charge in [-0.05, 0) is 75.2 Å². The van der Waals surface area contributed by atoms with Crippen molar-refractivity contribution in [2.24, 2.45) is 0 Å². The Hall–Kier alpha value is -3.38. The van der Waals surface area contributed by atoms with Gasteiger partial charge >= 0.3 is 5.97 Å². The molecule has 35 heavy (non-hydrogen) atoms. The van der Waals surface area contributed by atoms with Crippen molar-refractivity contribution < 1.29 is 14.3 Å². The summed E-state index contributed by atoms with van der Waals surface area (Å²) in [7, 11) is 0. The number of likely N-dealkylation sites (N-methyl/N-ethyl adjacent to an activating group) is 1. The lowest BCUT2D eigenvalue weighted by atomic mass is 10.1. The van der Waals surface area contributed by atoms with Crippen LogP contribution in [0.3, 0.4) is 0 Å². The number of carbonyl (C=O) groups excluding carboxylic acids is 1.